The molecule has 0 fully saturated rings. The van der Waals surface area contributed by atoms with Crippen molar-refractivity contribution in [1.29, 1.82) is 0 Å². The zero-order valence-corrected chi connectivity index (χ0v) is 23.5. The molecule has 0 N–H and O–H groups in total. The molecule has 0 bridgehead atoms. The lowest BCUT2D eigenvalue weighted by Gasteiger charge is -2.25. The van der Waals surface area contributed by atoms with Gasteiger partial charge >= 0.3 is 0 Å². The van der Waals surface area contributed by atoms with Crippen LogP contribution >= 0.6 is 0 Å². The smallest absolute Gasteiger partial charge is 0.145 e. The van der Waals surface area contributed by atoms with E-state index in [2.05, 4.69) is 134 Å². The van der Waals surface area contributed by atoms with Gasteiger partial charge in [0.2, 0.25) is 0 Å². The lowest BCUT2D eigenvalue weighted by atomic mass is 9.78. The fourth-order valence-electron chi connectivity index (χ4n) is 7.33. The third kappa shape index (κ3) is 3.05. The van der Waals surface area contributed by atoms with Crippen LogP contribution in [0.2, 0.25) is 0 Å². The van der Waals surface area contributed by atoms with Crippen molar-refractivity contribution in [2.24, 2.45) is 0 Å². The Hall–Kier alpha value is -5.28. The van der Waals surface area contributed by atoms with Crippen molar-refractivity contribution in [2.75, 3.05) is 0 Å². The minimum atomic E-state index is -0.186. The van der Waals surface area contributed by atoms with Crippen LogP contribution in [0.4, 0.5) is 0 Å². The highest BCUT2D eigenvalue weighted by Gasteiger charge is 2.39. The number of nitrogens with zero attached hydrogens (tertiary/aromatic N) is 3. The maximum atomic E-state index is 5.34. The summed E-state index contributed by atoms with van der Waals surface area (Å²) in [5, 5.41) is 6.07. The van der Waals surface area contributed by atoms with Gasteiger partial charge in [-0.2, -0.15) is 0 Å². The molecule has 9 rings (SSSR count). The van der Waals surface area contributed by atoms with Crippen LogP contribution in [0.3, 0.4) is 0 Å². The van der Waals surface area contributed by atoms with Crippen molar-refractivity contribution < 1.29 is 0 Å². The second-order valence-electron chi connectivity index (χ2n) is 11.8. The van der Waals surface area contributed by atoms with Crippen molar-refractivity contribution >= 4 is 43.6 Å². The molecule has 1 aliphatic rings. The standard InChI is InChI=1S/C39H27N3/c1-39(2)31-15-7-5-13-30(31)37-36(39)34(35-27-11-4-3-10-24(27)19-22-32(35)41-37)25-17-20-26(21-18-25)42-33-16-8-6-12-28(33)29-14-9-23-40-38(29)42/h3-23H,1-2H3. The summed E-state index contributed by atoms with van der Waals surface area (Å²) >= 11 is 0. The molecule has 0 amide bonds. The molecule has 42 heavy (non-hydrogen) atoms. The van der Waals surface area contributed by atoms with Gasteiger partial charge in [-0.1, -0.05) is 98.8 Å². The van der Waals surface area contributed by atoms with E-state index in [1.807, 2.05) is 12.3 Å². The van der Waals surface area contributed by atoms with Crippen molar-refractivity contribution in [3.05, 3.63) is 139 Å². The van der Waals surface area contributed by atoms with Gasteiger partial charge in [-0.15, -0.1) is 0 Å². The van der Waals surface area contributed by atoms with E-state index in [0.29, 0.717) is 0 Å². The molecule has 0 aliphatic heterocycles. The van der Waals surface area contributed by atoms with Crippen LogP contribution in [0.15, 0.2) is 128 Å². The normalized spacial score (nSPS) is 13.7. The average molecular weight is 538 g/mol. The van der Waals surface area contributed by atoms with Crippen molar-refractivity contribution in [3.8, 4) is 28.1 Å². The molecule has 1 aliphatic carbocycles. The Morgan fingerprint density at radius 3 is 2.26 bits per heavy atom. The van der Waals surface area contributed by atoms with Gasteiger partial charge in [0.15, 0.2) is 0 Å². The van der Waals surface area contributed by atoms with Crippen LogP contribution in [-0.4, -0.2) is 14.5 Å². The second-order valence-corrected chi connectivity index (χ2v) is 11.8. The second kappa shape index (κ2) is 8.37. The number of benzene rings is 5. The first-order chi connectivity index (χ1) is 20.6. The SMILES string of the molecule is CC1(C)c2ccccc2-c2nc3ccc4ccccc4c3c(-c3ccc(-n4c5ccccc5c5cccnc54)cc3)c21. The minimum Gasteiger partial charge on any atom is -0.294 e. The Morgan fingerprint density at radius 1 is 0.643 bits per heavy atom. The first kappa shape index (κ1) is 23.4. The maximum Gasteiger partial charge on any atom is 0.145 e. The molecule has 8 aromatic rings. The van der Waals surface area contributed by atoms with E-state index in [4.69, 9.17) is 9.97 Å². The quantitative estimate of drug-likeness (QED) is 0.205. The molecule has 3 heteroatoms. The third-order valence-corrected chi connectivity index (χ3v) is 9.20. The van der Waals surface area contributed by atoms with E-state index in [1.54, 1.807) is 0 Å². The van der Waals surface area contributed by atoms with Crippen LogP contribution in [0.1, 0.15) is 25.0 Å². The van der Waals surface area contributed by atoms with Crippen LogP contribution in [-0.2, 0) is 5.41 Å². The van der Waals surface area contributed by atoms with E-state index < -0.39 is 0 Å². The van der Waals surface area contributed by atoms with Gasteiger partial charge < -0.3 is 0 Å². The summed E-state index contributed by atoms with van der Waals surface area (Å²) in [6, 6.07) is 43.6. The lowest BCUT2D eigenvalue weighted by molar-refractivity contribution is 0.662. The van der Waals surface area contributed by atoms with Crippen LogP contribution in [0.5, 0.6) is 0 Å². The number of rotatable bonds is 2. The molecule has 0 atom stereocenters. The summed E-state index contributed by atoms with van der Waals surface area (Å²) < 4.78 is 2.28. The van der Waals surface area contributed by atoms with Crippen molar-refractivity contribution in [3.63, 3.8) is 0 Å². The summed E-state index contributed by atoms with van der Waals surface area (Å²) in [6.45, 7) is 4.69. The van der Waals surface area contributed by atoms with Gasteiger partial charge in [0.1, 0.15) is 5.65 Å². The topological polar surface area (TPSA) is 30.7 Å². The monoisotopic (exact) mass is 537 g/mol. The van der Waals surface area contributed by atoms with Gasteiger partial charge in [-0.05, 0) is 69.4 Å². The first-order valence-corrected chi connectivity index (χ1v) is 14.5. The number of fused-ring (bicyclic) bond motifs is 9. The Balaban J connectivity index is 1.35. The van der Waals surface area contributed by atoms with E-state index in [-0.39, 0.29) is 5.41 Å². The molecule has 3 heterocycles. The summed E-state index contributed by atoms with van der Waals surface area (Å²) in [7, 11) is 0. The Labute approximate surface area is 243 Å². The molecule has 0 unspecified atom stereocenters. The molecule has 3 aromatic heterocycles. The summed E-state index contributed by atoms with van der Waals surface area (Å²) in [6.07, 6.45) is 1.88. The van der Waals surface area contributed by atoms with Gasteiger partial charge in [0.05, 0.1) is 16.7 Å². The number of hydrogen-bond donors (Lipinski definition) is 0. The number of aromatic nitrogens is 3. The molecule has 3 nitrogen and oxygen atoms in total. The number of pyridine rings is 2. The average Bonchev–Trinajstić information content (AvgIpc) is 3.49. The highest BCUT2D eigenvalue weighted by molar-refractivity contribution is 6.16. The van der Waals surface area contributed by atoms with Gasteiger partial charge in [-0.25, -0.2) is 9.97 Å². The molecular weight excluding hydrogens is 510 g/mol. The predicted molar refractivity (Wildman–Crippen MR) is 174 cm³/mol. The van der Waals surface area contributed by atoms with E-state index in [0.717, 1.165) is 28.1 Å². The van der Waals surface area contributed by atoms with Crippen LogP contribution in [0.25, 0.3) is 71.7 Å². The highest BCUT2D eigenvalue weighted by atomic mass is 15.0. The largest absolute Gasteiger partial charge is 0.294 e. The molecule has 0 saturated heterocycles. The number of hydrogen-bond acceptors (Lipinski definition) is 2. The molecule has 0 spiro atoms. The zero-order chi connectivity index (χ0) is 28.0. The fraction of sp³-hybridized carbons (Fsp3) is 0.0769. The molecule has 0 saturated carbocycles. The van der Waals surface area contributed by atoms with Crippen LogP contribution in [0, 0.1) is 0 Å². The van der Waals surface area contributed by atoms with E-state index in [9.17, 15) is 0 Å². The number of para-hydroxylation sites is 1. The molecule has 5 aromatic carbocycles. The maximum absolute atomic E-state index is 5.34. The first-order valence-electron chi connectivity index (χ1n) is 14.5. The zero-order valence-electron chi connectivity index (χ0n) is 23.5. The van der Waals surface area contributed by atoms with Crippen molar-refractivity contribution in [1.82, 2.24) is 14.5 Å². The van der Waals surface area contributed by atoms with Gasteiger partial charge in [0, 0.05) is 39.0 Å². The van der Waals surface area contributed by atoms with Crippen LogP contribution < -0.4 is 0 Å². The fourth-order valence-corrected chi connectivity index (χ4v) is 7.33. The predicted octanol–water partition coefficient (Wildman–Crippen LogP) is 9.85. The van der Waals surface area contributed by atoms with Gasteiger partial charge in [-0.3, -0.25) is 4.57 Å². The highest BCUT2D eigenvalue weighted by Crippen LogP contribution is 2.53. The Morgan fingerprint density at radius 2 is 1.38 bits per heavy atom. The Bertz CT molecular complexity index is 2320. The molecular formula is C39H27N3. The van der Waals surface area contributed by atoms with E-state index >= 15 is 0 Å². The van der Waals surface area contributed by atoms with Gasteiger partial charge in [0.25, 0.3) is 0 Å². The summed E-state index contributed by atoms with van der Waals surface area (Å²) in [5.41, 5.74) is 11.5. The summed E-state index contributed by atoms with van der Waals surface area (Å²) in [4.78, 5) is 10.1. The third-order valence-electron chi connectivity index (χ3n) is 9.20. The summed E-state index contributed by atoms with van der Waals surface area (Å²) in [5.74, 6) is 0. The minimum absolute atomic E-state index is 0.186. The van der Waals surface area contributed by atoms with Crippen molar-refractivity contribution in [2.45, 2.75) is 19.3 Å². The van der Waals surface area contributed by atoms with E-state index in [1.165, 1.54) is 54.7 Å². The molecule has 0 radical (unpaired) electrons. The lowest BCUT2D eigenvalue weighted by Crippen LogP contribution is -2.16. The molecule has 198 valence electrons. The Kier molecular flexibility index (Phi) is 4.67.